The minimum absolute atomic E-state index is 0.182. The van der Waals surface area contributed by atoms with Crippen molar-refractivity contribution in [3.63, 3.8) is 0 Å². The van der Waals surface area contributed by atoms with Crippen molar-refractivity contribution in [1.82, 2.24) is 20.0 Å². The first-order valence-electron chi connectivity index (χ1n) is 8.89. The first-order chi connectivity index (χ1) is 14.5. The molecule has 1 amide bonds. The topological polar surface area (TPSA) is 81.9 Å². The quantitative estimate of drug-likeness (QED) is 0.498. The Morgan fingerprint density at radius 2 is 1.93 bits per heavy atom. The maximum absolute atomic E-state index is 13.0. The number of nitrogens with one attached hydrogen (secondary N) is 1. The summed E-state index contributed by atoms with van der Waals surface area (Å²) in [5.74, 6) is -0.0117. The van der Waals surface area contributed by atoms with Gasteiger partial charge in [0.25, 0.3) is 5.91 Å². The molecule has 0 atom stereocenters. The van der Waals surface area contributed by atoms with Crippen molar-refractivity contribution in [2.45, 2.75) is 6.92 Å². The Balaban J connectivity index is 1.46. The molecule has 0 aliphatic carbocycles. The van der Waals surface area contributed by atoms with Crippen molar-refractivity contribution in [2.75, 3.05) is 5.32 Å². The van der Waals surface area contributed by atoms with Crippen LogP contribution in [-0.4, -0.2) is 25.9 Å². The molecule has 0 saturated carbocycles. The molecule has 150 valence electrons. The predicted molar refractivity (Wildman–Crippen MR) is 110 cm³/mol. The summed E-state index contributed by atoms with van der Waals surface area (Å²) in [5, 5.41) is 11.3. The number of amides is 1. The van der Waals surface area contributed by atoms with Gasteiger partial charge in [0.05, 0.1) is 23.3 Å². The van der Waals surface area contributed by atoms with E-state index in [1.54, 1.807) is 41.9 Å². The van der Waals surface area contributed by atoms with Gasteiger partial charge in [-0.3, -0.25) is 4.79 Å². The fourth-order valence-corrected chi connectivity index (χ4v) is 2.90. The van der Waals surface area contributed by atoms with Gasteiger partial charge in [0.15, 0.2) is 5.69 Å². The number of aromatic nitrogens is 4. The summed E-state index contributed by atoms with van der Waals surface area (Å²) in [6.45, 7) is 1.74. The molecule has 4 aromatic rings. The Bertz CT molecular complexity index is 1190. The van der Waals surface area contributed by atoms with Gasteiger partial charge in [0, 0.05) is 11.1 Å². The summed E-state index contributed by atoms with van der Waals surface area (Å²) >= 11 is 6.02. The van der Waals surface area contributed by atoms with Crippen molar-refractivity contribution in [2.24, 2.45) is 0 Å². The molecule has 7 nitrogen and oxygen atoms in total. The van der Waals surface area contributed by atoms with Crippen molar-refractivity contribution in [3.8, 4) is 17.3 Å². The normalized spacial score (nSPS) is 10.6. The van der Waals surface area contributed by atoms with E-state index < -0.39 is 5.91 Å². The number of pyridine rings is 1. The van der Waals surface area contributed by atoms with Crippen LogP contribution < -0.4 is 10.1 Å². The summed E-state index contributed by atoms with van der Waals surface area (Å²) in [6, 6.07) is 15.9. The van der Waals surface area contributed by atoms with E-state index in [-0.39, 0.29) is 11.5 Å². The SMILES string of the molecule is Cc1c(C(=O)Nc2ccc(Oc3ccc(F)cc3)nc2)nnn1-c1cccc(Cl)c1. The van der Waals surface area contributed by atoms with Crippen LogP contribution in [-0.2, 0) is 0 Å². The summed E-state index contributed by atoms with van der Waals surface area (Å²) in [5.41, 5.74) is 1.92. The summed E-state index contributed by atoms with van der Waals surface area (Å²) in [6.07, 6.45) is 1.45. The number of hydrogen-bond donors (Lipinski definition) is 1. The summed E-state index contributed by atoms with van der Waals surface area (Å²) in [7, 11) is 0. The zero-order valence-corrected chi connectivity index (χ0v) is 16.5. The minimum atomic E-state index is -0.421. The zero-order valence-electron chi connectivity index (χ0n) is 15.7. The van der Waals surface area contributed by atoms with Crippen LogP contribution in [0.4, 0.5) is 10.1 Å². The second kappa shape index (κ2) is 8.30. The maximum atomic E-state index is 13.0. The van der Waals surface area contributed by atoms with Crippen LogP contribution in [0.25, 0.3) is 5.69 Å². The van der Waals surface area contributed by atoms with Crippen LogP contribution in [0.2, 0.25) is 5.02 Å². The van der Waals surface area contributed by atoms with E-state index in [0.29, 0.717) is 33.7 Å². The lowest BCUT2D eigenvalue weighted by atomic mass is 10.2. The number of benzene rings is 2. The van der Waals surface area contributed by atoms with Crippen LogP contribution >= 0.6 is 11.6 Å². The van der Waals surface area contributed by atoms with Gasteiger partial charge in [-0.15, -0.1) is 5.10 Å². The largest absolute Gasteiger partial charge is 0.439 e. The number of hydrogen-bond acceptors (Lipinski definition) is 5. The van der Waals surface area contributed by atoms with Gasteiger partial charge in [-0.25, -0.2) is 14.1 Å². The molecule has 0 saturated heterocycles. The number of rotatable bonds is 5. The minimum Gasteiger partial charge on any atom is -0.439 e. The third-order valence-corrected chi connectivity index (χ3v) is 4.43. The number of carbonyl (C=O) groups excluding carboxylic acids is 1. The molecule has 0 unspecified atom stereocenters. The highest BCUT2D eigenvalue weighted by molar-refractivity contribution is 6.30. The molecule has 2 aromatic carbocycles. The molecule has 4 rings (SSSR count). The fraction of sp³-hybridized carbons (Fsp3) is 0.0476. The van der Waals surface area contributed by atoms with Gasteiger partial charge >= 0.3 is 0 Å². The van der Waals surface area contributed by atoms with Gasteiger partial charge < -0.3 is 10.1 Å². The lowest BCUT2D eigenvalue weighted by Crippen LogP contribution is -2.14. The van der Waals surface area contributed by atoms with Crippen LogP contribution in [0, 0.1) is 12.7 Å². The van der Waals surface area contributed by atoms with E-state index in [2.05, 4.69) is 20.6 Å². The molecule has 2 heterocycles. The molecule has 30 heavy (non-hydrogen) atoms. The lowest BCUT2D eigenvalue weighted by molar-refractivity contribution is 0.102. The Morgan fingerprint density at radius 3 is 2.63 bits per heavy atom. The fourth-order valence-electron chi connectivity index (χ4n) is 2.72. The molecule has 0 fully saturated rings. The van der Waals surface area contributed by atoms with Crippen LogP contribution in [0.5, 0.6) is 11.6 Å². The Labute approximate surface area is 176 Å². The van der Waals surface area contributed by atoms with E-state index in [4.69, 9.17) is 16.3 Å². The van der Waals surface area contributed by atoms with Gasteiger partial charge in [-0.2, -0.15) is 0 Å². The molecule has 0 radical (unpaired) electrons. The first-order valence-corrected chi connectivity index (χ1v) is 9.26. The zero-order chi connectivity index (χ0) is 21.1. The molecule has 9 heteroatoms. The molecular weight excluding hydrogens is 409 g/mol. The standard InChI is InChI=1S/C21H15ClFN5O2/c1-13-20(26-27-28(13)17-4-2-3-14(22)11-17)21(29)25-16-7-10-19(24-12-16)30-18-8-5-15(23)6-9-18/h2-12H,1H3,(H,25,29). The molecule has 2 aromatic heterocycles. The van der Waals surface area contributed by atoms with Crippen LogP contribution in [0.3, 0.4) is 0 Å². The number of ether oxygens (including phenoxy) is 1. The number of nitrogens with zero attached hydrogens (tertiary/aromatic N) is 4. The third-order valence-electron chi connectivity index (χ3n) is 4.19. The van der Waals surface area contributed by atoms with E-state index in [9.17, 15) is 9.18 Å². The predicted octanol–water partition coefficient (Wildman–Crippen LogP) is 4.81. The average molecular weight is 424 g/mol. The van der Waals surface area contributed by atoms with Crippen LogP contribution in [0.15, 0.2) is 66.9 Å². The smallest absolute Gasteiger partial charge is 0.278 e. The summed E-state index contributed by atoms with van der Waals surface area (Å²) in [4.78, 5) is 16.7. The van der Waals surface area contributed by atoms with Gasteiger partial charge in [-0.05, 0) is 55.5 Å². The maximum Gasteiger partial charge on any atom is 0.278 e. The molecule has 0 bridgehead atoms. The van der Waals surface area contributed by atoms with E-state index in [1.807, 2.05) is 6.07 Å². The monoisotopic (exact) mass is 423 g/mol. The lowest BCUT2D eigenvalue weighted by Gasteiger charge is -2.07. The Kier molecular flexibility index (Phi) is 5.40. The molecular formula is C21H15ClFN5O2. The first kappa shape index (κ1) is 19.5. The van der Waals surface area contributed by atoms with Crippen molar-refractivity contribution < 1.29 is 13.9 Å². The highest BCUT2D eigenvalue weighted by atomic mass is 35.5. The van der Waals surface area contributed by atoms with Gasteiger partial charge in [0.2, 0.25) is 5.88 Å². The Hall–Kier alpha value is -3.78. The van der Waals surface area contributed by atoms with E-state index in [1.165, 1.54) is 30.5 Å². The average Bonchev–Trinajstić information content (AvgIpc) is 3.13. The van der Waals surface area contributed by atoms with Crippen molar-refractivity contribution in [3.05, 3.63) is 89.1 Å². The second-order valence-corrected chi connectivity index (χ2v) is 6.75. The highest BCUT2D eigenvalue weighted by Crippen LogP contribution is 2.21. The van der Waals surface area contributed by atoms with Crippen molar-refractivity contribution >= 4 is 23.2 Å². The Morgan fingerprint density at radius 1 is 1.13 bits per heavy atom. The molecule has 0 aliphatic heterocycles. The third kappa shape index (κ3) is 4.28. The number of anilines is 1. The summed E-state index contributed by atoms with van der Waals surface area (Å²) < 4.78 is 20.0. The molecule has 0 spiro atoms. The van der Waals surface area contributed by atoms with Crippen molar-refractivity contribution in [1.29, 1.82) is 0 Å². The number of carbonyl (C=O) groups is 1. The molecule has 0 aliphatic rings. The number of halogens is 2. The van der Waals surface area contributed by atoms with E-state index in [0.717, 1.165) is 0 Å². The van der Waals surface area contributed by atoms with E-state index >= 15 is 0 Å². The van der Waals surface area contributed by atoms with Gasteiger partial charge in [-0.1, -0.05) is 22.9 Å². The van der Waals surface area contributed by atoms with Crippen LogP contribution in [0.1, 0.15) is 16.2 Å². The highest BCUT2D eigenvalue weighted by Gasteiger charge is 2.18. The second-order valence-electron chi connectivity index (χ2n) is 6.31. The van der Waals surface area contributed by atoms with Gasteiger partial charge in [0.1, 0.15) is 11.6 Å². The molecule has 1 N–H and O–H groups in total.